The fourth-order valence-electron chi connectivity index (χ4n) is 3.62. The third-order valence-electron chi connectivity index (χ3n) is 5.17. The molecule has 1 aromatic heterocycles. The van der Waals surface area contributed by atoms with E-state index in [1.807, 2.05) is 31.2 Å². The van der Waals surface area contributed by atoms with Crippen LogP contribution in [-0.4, -0.2) is 34.6 Å². The fourth-order valence-corrected chi connectivity index (χ4v) is 4.02. The number of hydrogen-bond donors (Lipinski definition) is 1. The van der Waals surface area contributed by atoms with Gasteiger partial charge < -0.3 is 19.1 Å². The Morgan fingerprint density at radius 2 is 1.74 bits per heavy atom. The van der Waals surface area contributed by atoms with E-state index in [9.17, 15) is 9.90 Å². The van der Waals surface area contributed by atoms with Gasteiger partial charge in [-0.05, 0) is 74.6 Å². The molecule has 0 aliphatic carbocycles. The molecule has 2 aromatic carbocycles. The van der Waals surface area contributed by atoms with E-state index in [1.165, 1.54) is 4.90 Å². The molecule has 0 saturated carbocycles. The Balaban J connectivity index is 1.74. The predicted molar refractivity (Wildman–Crippen MR) is 125 cm³/mol. The summed E-state index contributed by atoms with van der Waals surface area (Å²) in [5, 5.41) is 9.27. The molecular formula is C25H29NO4S. The van der Waals surface area contributed by atoms with E-state index in [2.05, 4.69) is 54.1 Å². The van der Waals surface area contributed by atoms with E-state index in [0.717, 1.165) is 28.3 Å². The molecule has 3 rings (SSSR count). The SMILES string of the molecule is CCOC(Cc1ccc(O[C@@H](C)n2c(C)ccc2-c2ccc(SC)cc2)cc1)C(=O)O. The molecule has 1 heterocycles. The maximum absolute atomic E-state index is 11.3. The van der Waals surface area contributed by atoms with Gasteiger partial charge in [-0.3, -0.25) is 0 Å². The van der Waals surface area contributed by atoms with Crippen LogP contribution in [-0.2, 0) is 16.0 Å². The zero-order valence-electron chi connectivity index (χ0n) is 18.4. The Hall–Kier alpha value is -2.70. The number of hydrogen-bond acceptors (Lipinski definition) is 4. The summed E-state index contributed by atoms with van der Waals surface area (Å²) in [6.07, 6.45) is 1.36. The fraction of sp³-hybridized carbons (Fsp3) is 0.320. The number of thioether (sulfide) groups is 1. The monoisotopic (exact) mass is 439 g/mol. The number of aromatic nitrogens is 1. The molecule has 2 atom stereocenters. The summed E-state index contributed by atoms with van der Waals surface area (Å²) < 4.78 is 13.7. The summed E-state index contributed by atoms with van der Waals surface area (Å²) in [4.78, 5) is 12.5. The molecule has 0 spiro atoms. The lowest BCUT2D eigenvalue weighted by molar-refractivity contribution is -0.149. The van der Waals surface area contributed by atoms with Crippen molar-refractivity contribution in [2.24, 2.45) is 0 Å². The summed E-state index contributed by atoms with van der Waals surface area (Å²) in [5.74, 6) is -0.215. The average Bonchev–Trinajstić information content (AvgIpc) is 3.16. The average molecular weight is 440 g/mol. The van der Waals surface area contributed by atoms with E-state index in [-0.39, 0.29) is 6.23 Å². The van der Waals surface area contributed by atoms with Gasteiger partial charge in [0.1, 0.15) is 5.75 Å². The highest BCUT2D eigenvalue weighted by Gasteiger charge is 2.18. The van der Waals surface area contributed by atoms with Crippen LogP contribution in [0.5, 0.6) is 5.75 Å². The van der Waals surface area contributed by atoms with Crippen molar-refractivity contribution < 1.29 is 19.4 Å². The Morgan fingerprint density at radius 1 is 1.06 bits per heavy atom. The summed E-state index contributed by atoms with van der Waals surface area (Å²) in [6, 6.07) is 20.3. The third-order valence-corrected chi connectivity index (χ3v) is 5.91. The van der Waals surface area contributed by atoms with Crippen molar-refractivity contribution in [1.82, 2.24) is 4.57 Å². The standard InChI is InChI=1S/C25H29NO4S/c1-5-29-24(25(27)28)16-19-7-11-21(12-8-19)30-18(3)26-17(2)6-15-23(26)20-9-13-22(31-4)14-10-20/h6-15,18,24H,5,16H2,1-4H3,(H,27,28)/t18-,24?/m0/s1. The number of ether oxygens (including phenoxy) is 2. The topological polar surface area (TPSA) is 60.7 Å². The molecule has 164 valence electrons. The highest BCUT2D eigenvalue weighted by Crippen LogP contribution is 2.29. The molecule has 0 bridgehead atoms. The van der Waals surface area contributed by atoms with Gasteiger partial charge in [0.05, 0.1) is 5.69 Å². The lowest BCUT2D eigenvalue weighted by Crippen LogP contribution is -2.26. The second kappa shape index (κ2) is 10.6. The summed E-state index contributed by atoms with van der Waals surface area (Å²) in [6.45, 7) is 6.26. The lowest BCUT2D eigenvalue weighted by atomic mass is 10.1. The first-order valence-corrected chi connectivity index (χ1v) is 11.6. The van der Waals surface area contributed by atoms with Gasteiger partial charge in [0.15, 0.2) is 12.3 Å². The summed E-state index contributed by atoms with van der Waals surface area (Å²) in [5.41, 5.74) is 4.27. The number of carbonyl (C=O) groups is 1. The Bertz CT molecular complexity index is 995. The molecule has 31 heavy (non-hydrogen) atoms. The quantitative estimate of drug-likeness (QED) is 0.404. The van der Waals surface area contributed by atoms with Crippen LogP contribution in [0.1, 0.15) is 31.3 Å². The first kappa shape index (κ1) is 23.0. The van der Waals surface area contributed by atoms with Gasteiger partial charge in [-0.25, -0.2) is 4.79 Å². The van der Waals surface area contributed by atoms with Crippen molar-refractivity contribution in [1.29, 1.82) is 0 Å². The predicted octanol–water partition coefficient (Wildman–Crippen LogP) is 5.82. The van der Waals surface area contributed by atoms with E-state index in [0.29, 0.717) is 13.0 Å². The van der Waals surface area contributed by atoms with Gasteiger partial charge >= 0.3 is 5.97 Å². The van der Waals surface area contributed by atoms with Gasteiger partial charge in [-0.15, -0.1) is 11.8 Å². The number of benzene rings is 2. The van der Waals surface area contributed by atoms with Gasteiger partial charge in [-0.1, -0.05) is 24.3 Å². The zero-order valence-corrected chi connectivity index (χ0v) is 19.2. The van der Waals surface area contributed by atoms with Gasteiger partial charge in [0.2, 0.25) is 0 Å². The van der Waals surface area contributed by atoms with Gasteiger partial charge in [0, 0.05) is 23.6 Å². The minimum absolute atomic E-state index is 0.203. The largest absolute Gasteiger partial charge is 0.479 e. The summed E-state index contributed by atoms with van der Waals surface area (Å²) >= 11 is 1.73. The molecule has 0 radical (unpaired) electrons. The number of aliphatic carboxylic acids is 1. The normalized spacial score (nSPS) is 13.0. The lowest BCUT2D eigenvalue weighted by Gasteiger charge is -2.22. The summed E-state index contributed by atoms with van der Waals surface area (Å²) in [7, 11) is 0. The second-order valence-corrected chi connectivity index (χ2v) is 8.19. The van der Waals surface area contributed by atoms with Gasteiger partial charge in [0.25, 0.3) is 0 Å². The van der Waals surface area contributed by atoms with Crippen molar-refractivity contribution in [3.05, 3.63) is 71.9 Å². The molecule has 6 heteroatoms. The van der Waals surface area contributed by atoms with Crippen LogP contribution < -0.4 is 4.74 Å². The number of rotatable bonds is 10. The van der Waals surface area contributed by atoms with Crippen LogP contribution in [0.25, 0.3) is 11.3 Å². The smallest absolute Gasteiger partial charge is 0.333 e. The molecule has 3 aromatic rings. The Morgan fingerprint density at radius 3 is 2.32 bits per heavy atom. The van der Waals surface area contributed by atoms with Crippen molar-refractivity contribution in [3.63, 3.8) is 0 Å². The molecule has 0 fully saturated rings. The van der Waals surface area contributed by atoms with Crippen molar-refractivity contribution in [2.45, 2.75) is 44.4 Å². The van der Waals surface area contributed by atoms with Crippen LogP contribution in [0, 0.1) is 6.92 Å². The molecule has 0 saturated heterocycles. The third kappa shape index (κ3) is 5.71. The molecule has 5 nitrogen and oxygen atoms in total. The number of carboxylic acid groups (broad SMARTS) is 1. The first-order chi connectivity index (χ1) is 14.9. The van der Waals surface area contributed by atoms with Crippen LogP contribution >= 0.6 is 11.8 Å². The van der Waals surface area contributed by atoms with Gasteiger partial charge in [-0.2, -0.15) is 0 Å². The van der Waals surface area contributed by atoms with E-state index >= 15 is 0 Å². The van der Waals surface area contributed by atoms with E-state index in [1.54, 1.807) is 18.7 Å². The van der Waals surface area contributed by atoms with Crippen LogP contribution in [0.2, 0.25) is 0 Å². The molecule has 1 unspecified atom stereocenters. The highest BCUT2D eigenvalue weighted by atomic mass is 32.2. The minimum atomic E-state index is -0.947. The number of nitrogens with zero attached hydrogens (tertiary/aromatic N) is 1. The van der Waals surface area contributed by atoms with Crippen molar-refractivity contribution in [3.8, 4) is 17.0 Å². The van der Waals surface area contributed by atoms with Crippen LogP contribution in [0.15, 0.2) is 65.6 Å². The van der Waals surface area contributed by atoms with Crippen LogP contribution in [0.3, 0.4) is 0 Å². The maximum Gasteiger partial charge on any atom is 0.333 e. The van der Waals surface area contributed by atoms with E-state index in [4.69, 9.17) is 9.47 Å². The number of aryl methyl sites for hydroxylation is 1. The van der Waals surface area contributed by atoms with Crippen LogP contribution in [0.4, 0.5) is 0 Å². The Labute approximate surface area is 188 Å². The second-order valence-electron chi connectivity index (χ2n) is 7.31. The zero-order chi connectivity index (χ0) is 22.4. The maximum atomic E-state index is 11.3. The molecule has 0 aliphatic heterocycles. The molecule has 1 N–H and O–H groups in total. The van der Waals surface area contributed by atoms with Crippen molar-refractivity contribution in [2.75, 3.05) is 12.9 Å². The Kier molecular flexibility index (Phi) is 7.82. The van der Waals surface area contributed by atoms with Crippen molar-refractivity contribution >= 4 is 17.7 Å². The van der Waals surface area contributed by atoms with E-state index < -0.39 is 12.1 Å². The molecule has 0 aliphatic rings. The number of carboxylic acids is 1. The molecule has 0 amide bonds. The molecular weight excluding hydrogens is 410 g/mol. The first-order valence-electron chi connectivity index (χ1n) is 10.3. The highest BCUT2D eigenvalue weighted by molar-refractivity contribution is 7.98. The minimum Gasteiger partial charge on any atom is -0.479 e.